The van der Waals surface area contributed by atoms with Gasteiger partial charge in [0.05, 0.1) is 24.4 Å². The first-order valence-corrected chi connectivity index (χ1v) is 17.5. The van der Waals surface area contributed by atoms with E-state index >= 15 is 0 Å². The van der Waals surface area contributed by atoms with E-state index in [0.717, 1.165) is 44.9 Å². The van der Waals surface area contributed by atoms with Crippen LogP contribution in [0.1, 0.15) is 99.8 Å². The molecule has 3 aliphatic heterocycles. The molecule has 3 saturated heterocycles. The molecule has 250 valence electrons. The van der Waals surface area contributed by atoms with Crippen LogP contribution in [0.25, 0.3) is 0 Å². The second kappa shape index (κ2) is 9.00. The lowest BCUT2D eigenvalue weighted by molar-refractivity contribution is -0.303. The molecule has 5 saturated carbocycles. The van der Waals surface area contributed by atoms with Crippen molar-refractivity contribution in [1.29, 1.82) is 0 Å². The second-order valence-electron chi connectivity index (χ2n) is 18.3. The average molecular weight is 621 g/mol. The number of aliphatic hydroxyl groups is 5. The number of hydrogen-bond acceptors (Lipinski definition) is 9. The summed E-state index contributed by atoms with van der Waals surface area (Å²) in [7, 11) is 0. The van der Waals surface area contributed by atoms with Gasteiger partial charge in [0.2, 0.25) is 0 Å². The van der Waals surface area contributed by atoms with Crippen LogP contribution in [0.4, 0.5) is 0 Å². The smallest absolute Gasteiger partial charge is 0.199 e. The Morgan fingerprint density at radius 1 is 0.841 bits per heavy atom. The summed E-state index contributed by atoms with van der Waals surface area (Å²) in [5.74, 6) is 0.108. The minimum Gasteiger partial charge on any atom is -0.388 e. The first kappa shape index (κ1) is 30.9. The van der Waals surface area contributed by atoms with E-state index in [1.54, 1.807) is 13.8 Å². The Hall–Kier alpha value is -0.360. The summed E-state index contributed by atoms with van der Waals surface area (Å²) in [6.45, 7) is 15.2. The summed E-state index contributed by atoms with van der Waals surface area (Å²) in [4.78, 5) is 0. The highest BCUT2D eigenvalue weighted by Gasteiger charge is 2.88. The summed E-state index contributed by atoms with van der Waals surface area (Å²) in [5.41, 5.74) is -1.39. The normalized spacial score (nSPS) is 62.2. The van der Waals surface area contributed by atoms with Crippen LogP contribution in [-0.2, 0) is 18.9 Å². The largest absolute Gasteiger partial charge is 0.388 e. The zero-order valence-electron chi connectivity index (χ0n) is 27.7. The van der Waals surface area contributed by atoms with Gasteiger partial charge in [0.1, 0.15) is 30.5 Å². The monoisotopic (exact) mass is 620 g/mol. The summed E-state index contributed by atoms with van der Waals surface area (Å²) < 4.78 is 25.8. The molecule has 0 amide bonds. The highest BCUT2D eigenvalue weighted by Crippen LogP contribution is 2.90. The molecule has 3 heterocycles. The summed E-state index contributed by atoms with van der Waals surface area (Å²) >= 11 is 0. The van der Waals surface area contributed by atoms with Gasteiger partial charge in [-0.1, -0.05) is 34.6 Å². The number of fused-ring (bicyclic) bond motifs is 4. The summed E-state index contributed by atoms with van der Waals surface area (Å²) in [6, 6.07) is 0. The molecule has 8 fully saturated rings. The van der Waals surface area contributed by atoms with Gasteiger partial charge in [-0.15, -0.1) is 0 Å². The average Bonchev–Trinajstić information content (AvgIpc) is 3.45. The number of ether oxygens (including phenoxy) is 4. The van der Waals surface area contributed by atoms with E-state index in [1.165, 1.54) is 6.42 Å². The maximum absolute atomic E-state index is 12.7. The van der Waals surface area contributed by atoms with E-state index in [9.17, 15) is 25.5 Å². The zero-order chi connectivity index (χ0) is 31.6. The van der Waals surface area contributed by atoms with Gasteiger partial charge in [0.15, 0.2) is 12.1 Å². The molecule has 17 atom stereocenters. The van der Waals surface area contributed by atoms with E-state index in [-0.39, 0.29) is 51.8 Å². The van der Waals surface area contributed by atoms with Crippen molar-refractivity contribution >= 4 is 0 Å². The van der Waals surface area contributed by atoms with E-state index in [4.69, 9.17) is 18.9 Å². The van der Waals surface area contributed by atoms with Crippen molar-refractivity contribution in [2.75, 3.05) is 6.61 Å². The maximum Gasteiger partial charge on any atom is 0.199 e. The van der Waals surface area contributed by atoms with Gasteiger partial charge < -0.3 is 44.5 Å². The summed E-state index contributed by atoms with van der Waals surface area (Å²) in [5, 5.41) is 54.5. The zero-order valence-corrected chi connectivity index (χ0v) is 27.7. The Labute approximate surface area is 262 Å². The van der Waals surface area contributed by atoms with Crippen molar-refractivity contribution in [3.05, 3.63) is 0 Å². The van der Waals surface area contributed by atoms with Crippen LogP contribution in [0.2, 0.25) is 0 Å². The van der Waals surface area contributed by atoms with Crippen molar-refractivity contribution < 1.29 is 44.5 Å². The summed E-state index contributed by atoms with van der Waals surface area (Å²) in [6.07, 6.45) is 2.00. The Kier molecular flexibility index (Phi) is 6.33. The van der Waals surface area contributed by atoms with Crippen LogP contribution in [0.3, 0.4) is 0 Å². The molecular weight excluding hydrogens is 564 g/mol. The van der Waals surface area contributed by atoms with Gasteiger partial charge >= 0.3 is 0 Å². The third-order valence-corrected chi connectivity index (χ3v) is 15.9. The van der Waals surface area contributed by atoms with E-state index in [0.29, 0.717) is 17.8 Å². The lowest BCUT2D eigenvalue weighted by atomic mass is 9.41. The highest BCUT2D eigenvalue weighted by atomic mass is 16.8. The molecule has 0 aromatic rings. The van der Waals surface area contributed by atoms with Gasteiger partial charge in [0, 0.05) is 11.3 Å². The van der Waals surface area contributed by atoms with Crippen LogP contribution in [0, 0.1) is 50.7 Å². The van der Waals surface area contributed by atoms with Crippen molar-refractivity contribution in [2.45, 2.75) is 160 Å². The Bertz CT molecular complexity index is 1200. The third kappa shape index (κ3) is 3.38. The Morgan fingerprint density at radius 3 is 2.23 bits per heavy atom. The minimum atomic E-state index is -1.28. The molecule has 44 heavy (non-hydrogen) atoms. The quantitative estimate of drug-likeness (QED) is 0.301. The first-order chi connectivity index (χ1) is 20.4. The molecule has 9 heteroatoms. The van der Waals surface area contributed by atoms with Gasteiger partial charge in [-0.2, -0.15) is 0 Å². The number of rotatable bonds is 3. The molecule has 2 bridgehead atoms. The molecule has 0 aromatic carbocycles. The molecule has 0 aromatic heterocycles. The Morgan fingerprint density at radius 2 is 1.52 bits per heavy atom. The molecule has 8 rings (SSSR count). The van der Waals surface area contributed by atoms with E-state index in [2.05, 4.69) is 34.6 Å². The van der Waals surface area contributed by atoms with Crippen LogP contribution in [0.15, 0.2) is 0 Å². The molecule has 6 unspecified atom stereocenters. The predicted molar refractivity (Wildman–Crippen MR) is 159 cm³/mol. The number of aliphatic hydroxyl groups excluding tert-OH is 4. The molecule has 5 N–H and O–H groups in total. The molecular formula is C35H56O9. The molecule has 0 radical (unpaired) electrons. The highest BCUT2D eigenvalue weighted by molar-refractivity contribution is 5.34. The van der Waals surface area contributed by atoms with Crippen LogP contribution in [-0.4, -0.2) is 92.5 Å². The lowest BCUT2D eigenvalue weighted by Crippen LogP contribution is -2.61. The lowest BCUT2D eigenvalue weighted by Gasteiger charge is -2.63. The second-order valence-corrected chi connectivity index (χ2v) is 18.3. The van der Waals surface area contributed by atoms with Crippen molar-refractivity contribution in [3.63, 3.8) is 0 Å². The maximum atomic E-state index is 12.7. The predicted octanol–water partition coefficient (Wildman–Crippen LogP) is 3.12. The van der Waals surface area contributed by atoms with Crippen molar-refractivity contribution in [2.24, 2.45) is 50.7 Å². The van der Waals surface area contributed by atoms with Crippen LogP contribution >= 0.6 is 0 Å². The van der Waals surface area contributed by atoms with Crippen LogP contribution < -0.4 is 0 Å². The molecule has 8 aliphatic rings. The fraction of sp³-hybridized carbons (Fsp3) is 1.00. The number of hydrogen-bond donors (Lipinski definition) is 5. The van der Waals surface area contributed by atoms with E-state index in [1.807, 2.05) is 0 Å². The fourth-order valence-electron chi connectivity index (χ4n) is 14.0. The first-order valence-electron chi connectivity index (χ1n) is 17.5. The van der Waals surface area contributed by atoms with Crippen LogP contribution in [0.5, 0.6) is 0 Å². The van der Waals surface area contributed by atoms with Gasteiger partial charge in [-0.25, -0.2) is 0 Å². The van der Waals surface area contributed by atoms with Gasteiger partial charge in [-0.3, -0.25) is 0 Å². The molecule has 5 aliphatic carbocycles. The molecule has 3 spiro atoms. The third-order valence-electron chi connectivity index (χ3n) is 15.9. The van der Waals surface area contributed by atoms with E-state index < -0.39 is 48.2 Å². The minimum absolute atomic E-state index is 0.0559. The van der Waals surface area contributed by atoms with Crippen molar-refractivity contribution in [3.8, 4) is 0 Å². The fourth-order valence-corrected chi connectivity index (χ4v) is 14.0. The van der Waals surface area contributed by atoms with Crippen molar-refractivity contribution in [1.82, 2.24) is 0 Å². The standard InChI is InChI=1S/C35H56O9/c1-17-14-19-26(30(4,5)40)44-35(43-19)25(17)31(6)12-13-34-16-33(34)11-10-22(42-27-24(38)23(37)18(36)15-41-27)29(2,3)20(33)8-9-21(34)32(31,7)28(35)39/h17-28,36-40H,8-16H2,1-7H3/t17-,18-,19?,20?,21?,22+,23+,24-,25?,26-,27+,28-,31-,32-,33?,34?,35+/m1/s1. The SMILES string of the molecule is C[C@@H]1CC2O[C@]3(O[C@H]2C(C)(C)O)C1[C@@]1(C)CCC24CC25CC[C@H](O[C@@H]2OC[C@@H](O)[C@H](O)[C@H]2O)C(C)(C)C5CCC4[C@]1(C)[C@H]3O. The van der Waals surface area contributed by atoms with Gasteiger partial charge in [-0.05, 0) is 105 Å². The van der Waals surface area contributed by atoms with Gasteiger partial charge in [0.25, 0.3) is 0 Å². The topological polar surface area (TPSA) is 138 Å². The Balaban J connectivity index is 1.10. The molecule has 9 nitrogen and oxygen atoms in total.